The summed E-state index contributed by atoms with van der Waals surface area (Å²) < 4.78 is 11.6. The van der Waals surface area contributed by atoms with E-state index in [1.165, 1.54) is 5.56 Å². The number of anilines is 1. The lowest BCUT2D eigenvalue weighted by Crippen LogP contribution is -2.15. The molecule has 0 radical (unpaired) electrons. The SMILES string of the molecule is CC(C)Oc1ccccc1C(=O)Nc1cccc(OCCc2ccccc2)c1. The second-order valence-corrected chi connectivity index (χ2v) is 6.73. The summed E-state index contributed by atoms with van der Waals surface area (Å²) in [6.07, 6.45) is 0.826. The van der Waals surface area contributed by atoms with Gasteiger partial charge in [0, 0.05) is 18.2 Å². The van der Waals surface area contributed by atoms with Gasteiger partial charge in [0.15, 0.2) is 0 Å². The molecule has 0 unspecified atom stereocenters. The fraction of sp³-hybridized carbons (Fsp3) is 0.208. The van der Waals surface area contributed by atoms with Gasteiger partial charge in [-0.3, -0.25) is 4.79 Å². The number of nitrogens with one attached hydrogen (secondary N) is 1. The highest BCUT2D eigenvalue weighted by molar-refractivity contribution is 6.06. The molecule has 0 saturated carbocycles. The molecular formula is C24H25NO3. The molecule has 4 nitrogen and oxygen atoms in total. The van der Waals surface area contributed by atoms with Crippen LogP contribution in [0, 0.1) is 0 Å². The van der Waals surface area contributed by atoms with E-state index in [0.717, 1.165) is 12.2 Å². The number of para-hydroxylation sites is 1. The number of carbonyl (C=O) groups excluding carboxylic acids is 1. The second kappa shape index (κ2) is 9.60. The van der Waals surface area contributed by atoms with Crippen molar-refractivity contribution in [1.82, 2.24) is 0 Å². The minimum atomic E-state index is -0.210. The van der Waals surface area contributed by atoms with Crippen molar-refractivity contribution in [3.63, 3.8) is 0 Å². The van der Waals surface area contributed by atoms with E-state index in [1.54, 1.807) is 12.1 Å². The Morgan fingerprint density at radius 2 is 1.68 bits per heavy atom. The van der Waals surface area contributed by atoms with Crippen molar-refractivity contribution >= 4 is 11.6 Å². The summed E-state index contributed by atoms with van der Waals surface area (Å²) in [5, 5.41) is 2.92. The van der Waals surface area contributed by atoms with E-state index in [0.29, 0.717) is 23.6 Å². The first kappa shape index (κ1) is 19.5. The van der Waals surface area contributed by atoms with Gasteiger partial charge in [-0.15, -0.1) is 0 Å². The van der Waals surface area contributed by atoms with Gasteiger partial charge in [-0.2, -0.15) is 0 Å². The largest absolute Gasteiger partial charge is 0.493 e. The molecule has 28 heavy (non-hydrogen) atoms. The Kier molecular flexibility index (Phi) is 6.68. The molecule has 3 aromatic carbocycles. The summed E-state index contributed by atoms with van der Waals surface area (Å²) in [5.41, 5.74) is 2.42. The summed E-state index contributed by atoms with van der Waals surface area (Å²) in [4.78, 5) is 12.7. The minimum absolute atomic E-state index is 0.00436. The van der Waals surface area contributed by atoms with E-state index < -0.39 is 0 Å². The Morgan fingerprint density at radius 3 is 2.46 bits per heavy atom. The standard InChI is InChI=1S/C24H25NO3/c1-18(2)28-23-14-7-6-13-22(23)24(26)25-20-11-8-12-21(17-20)27-16-15-19-9-4-3-5-10-19/h3-14,17-18H,15-16H2,1-2H3,(H,25,26). The van der Waals surface area contributed by atoms with Gasteiger partial charge in [-0.05, 0) is 43.7 Å². The Labute approximate surface area is 166 Å². The van der Waals surface area contributed by atoms with Crippen molar-refractivity contribution in [2.75, 3.05) is 11.9 Å². The fourth-order valence-electron chi connectivity index (χ4n) is 2.80. The molecular weight excluding hydrogens is 350 g/mol. The van der Waals surface area contributed by atoms with Crippen LogP contribution in [0.3, 0.4) is 0 Å². The maximum Gasteiger partial charge on any atom is 0.259 e. The molecule has 0 fully saturated rings. The normalized spacial score (nSPS) is 10.5. The highest BCUT2D eigenvalue weighted by atomic mass is 16.5. The van der Waals surface area contributed by atoms with E-state index in [9.17, 15) is 4.79 Å². The molecule has 3 rings (SSSR count). The molecule has 0 aliphatic rings. The summed E-state index contributed by atoms with van der Waals surface area (Å²) in [6.45, 7) is 4.45. The van der Waals surface area contributed by atoms with Crippen LogP contribution < -0.4 is 14.8 Å². The van der Waals surface area contributed by atoms with Crippen molar-refractivity contribution in [1.29, 1.82) is 0 Å². The minimum Gasteiger partial charge on any atom is -0.493 e. The topological polar surface area (TPSA) is 47.6 Å². The van der Waals surface area contributed by atoms with Crippen LogP contribution in [0.4, 0.5) is 5.69 Å². The maximum absolute atomic E-state index is 12.7. The van der Waals surface area contributed by atoms with Crippen molar-refractivity contribution in [2.24, 2.45) is 0 Å². The molecule has 1 amide bonds. The van der Waals surface area contributed by atoms with E-state index >= 15 is 0 Å². The second-order valence-electron chi connectivity index (χ2n) is 6.73. The summed E-state index contributed by atoms with van der Waals surface area (Å²) in [5.74, 6) is 1.09. The Morgan fingerprint density at radius 1 is 0.929 bits per heavy atom. The molecule has 0 aromatic heterocycles. The van der Waals surface area contributed by atoms with Gasteiger partial charge in [-0.1, -0.05) is 48.5 Å². The van der Waals surface area contributed by atoms with Gasteiger partial charge in [0.1, 0.15) is 11.5 Å². The quantitative estimate of drug-likeness (QED) is 0.577. The van der Waals surface area contributed by atoms with E-state index in [2.05, 4.69) is 17.4 Å². The van der Waals surface area contributed by atoms with Crippen molar-refractivity contribution in [3.05, 3.63) is 90.0 Å². The predicted octanol–water partition coefficient (Wildman–Crippen LogP) is 5.35. The van der Waals surface area contributed by atoms with Crippen molar-refractivity contribution in [2.45, 2.75) is 26.4 Å². The van der Waals surface area contributed by atoms with Crippen LogP contribution >= 0.6 is 0 Å². The molecule has 0 bridgehead atoms. The van der Waals surface area contributed by atoms with Gasteiger partial charge in [0.05, 0.1) is 18.3 Å². The predicted molar refractivity (Wildman–Crippen MR) is 112 cm³/mol. The van der Waals surface area contributed by atoms with Crippen LogP contribution in [-0.4, -0.2) is 18.6 Å². The van der Waals surface area contributed by atoms with Gasteiger partial charge in [-0.25, -0.2) is 0 Å². The van der Waals surface area contributed by atoms with E-state index in [-0.39, 0.29) is 12.0 Å². The molecule has 144 valence electrons. The Bertz CT molecular complexity index is 906. The van der Waals surface area contributed by atoms with E-state index in [4.69, 9.17) is 9.47 Å². The number of ether oxygens (including phenoxy) is 2. The van der Waals surface area contributed by atoms with Crippen LogP contribution in [0.25, 0.3) is 0 Å². The lowest BCUT2D eigenvalue weighted by Gasteiger charge is -2.14. The molecule has 0 atom stereocenters. The molecule has 0 saturated heterocycles. The number of carbonyl (C=O) groups is 1. The highest BCUT2D eigenvalue weighted by Crippen LogP contribution is 2.23. The van der Waals surface area contributed by atoms with Crippen LogP contribution in [-0.2, 0) is 6.42 Å². The van der Waals surface area contributed by atoms with Gasteiger partial charge in [0.25, 0.3) is 5.91 Å². The molecule has 0 spiro atoms. The van der Waals surface area contributed by atoms with Crippen LogP contribution in [0.2, 0.25) is 0 Å². The Balaban J connectivity index is 1.62. The monoisotopic (exact) mass is 375 g/mol. The van der Waals surface area contributed by atoms with Crippen LogP contribution in [0.15, 0.2) is 78.9 Å². The van der Waals surface area contributed by atoms with Crippen molar-refractivity contribution in [3.8, 4) is 11.5 Å². The molecule has 0 heterocycles. The summed E-state index contributed by atoms with van der Waals surface area (Å²) in [6, 6.07) is 24.9. The number of hydrogen-bond donors (Lipinski definition) is 1. The third kappa shape index (κ3) is 5.61. The van der Waals surface area contributed by atoms with Crippen molar-refractivity contribution < 1.29 is 14.3 Å². The van der Waals surface area contributed by atoms with Gasteiger partial charge < -0.3 is 14.8 Å². The zero-order valence-corrected chi connectivity index (χ0v) is 16.2. The summed E-state index contributed by atoms with van der Waals surface area (Å²) in [7, 11) is 0. The van der Waals surface area contributed by atoms with Crippen LogP contribution in [0.5, 0.6) is 11.5 Å². The molecule has 0 aliphatic carbocycles. The number of hydrogen-bond acceptors (Lipinski definition) is 3. The van der Waals surface area contributed by atoms with Gasteiger partial charge >= 0.3 is 0 Å². The third-order valence-corrected chi connectivity index (χ3v) is 4.09. The van der Waals surface area contributed by atoms with E-state index in [1.807, 2.05) is 68.4 Å². The fourth-order valence-corrected chi connectivity index (χ4v) is 2.80. The molecule has 3 aromatic rings. The summed E-state index contributed by atoms with van der Waals surface area (Å²) >= 11 is 0. The third-order valence-electron chi connectivity index (χ3n) is 4.09. The highest BCUT2D eigenvalue weighted by Gasteiger charge is 2.13. The first-order valence-corrected chi connectivity index (χ1v) is 9.45. The molecule has 0 aliphatic heterocycles. The molecule has 4 heteroatoms. The zero-order chi connectivity index (χ0) is 19.8. The number of amides is 1. The first-order chi connectivity index (χ1) is 13.6. The lowest BCUT2D eigenvalue weighted by atomic mass is 10.1. The smallest absolute Gasteiger partial charge is 0.259 e. The first-order valence-electron chi connectivity index (χ1n) is 9.45. The number of benzene rings is 3. The zero-order valence-electron chi connectivity index (χ0n) is 16.2. The maximum atomic E-state index is 12.7. The van der Waals surface area contributed by atoms with Gasteiger partial charge in [0.2, 0.25) is 0 Å². The lowest BCUT2D eigenvalue weighted by molar-refractivity contribution is 0.102. The Hall–Kier alpha value is -3.27. The molecule has 1 N–H and O–H groups in total. The average molecular weight is 375 g/mol. The van der Waals surface area contributed by atoms with Crippen LogP contribution in [0.1, 0.15) is 29.8 Å². The number of rotatable bonds is 8. The average Bonchev–Trinajstić information content (AvgIpc) is 2.69.